The zero-order valence-corrected chi connectivity index (χ0v) is 10.3. The summed E-state index contributed by atoms with van der Waals surface area (Å²) < 4.78 is 5.50. The molecule has 0 bridgehead atoms. The van der Waals surface area contributed by atoms with E-state index in [9.17, 15) is 4.79 Å². The number of benzene rings is 1. The van der Waals surface area contributed by atoms with Crippen molar-refractivity contribution in [3.8, 4) is 5.75 Å². The van der Waals surface area contributed by atoms with Crippen molar-refractivity contribution in [2.75, 3.05) is 13.2 Å². The fourth-order valence-electron chi connectivity index (χ4n) is 2.95. The number of ether oxygens (including phenoxy) is 1. The van der Waals surface area contributed by atoms with Gasteiger partial charge in [-0.05, 0) is 36.6 Å². The first kappa shape index (κ1) is 11.5. The Morgan fingerprint density at radius 3 is 3.17 bits per heavy atom. The van der Waals surface area contributed by atoms with Gasteiger partial charge in [-0.15, -0.1) is 0 Å². The number of hydrogen-bond donors (Lipinski definition) is 2. The Morgan fingerprint density at radius 1 is 1.44 bits per heavy atom. The summed E-state index contributed by atoms with van der Waals surface area (Å²) in [6.45, 7) is 1.71. The lowest BCUT2D eigenvalue weighted by molar-refractivity contribution is -0.123. The quantitative estimate of drug-likeness (QED) is 0.822. The molecule has 4 heteroatoms. The predicted molar refractivity (Wildman–Crippen MR) is 68.3 cm³/mol. The summed E-state index contributed by atoms with van der Waals surface area (Å²) in [6.07, 6.45) is 2.84. The van der Waals surface area contributed by atoms with Crippen LogP contribution in [0.25, 0.3) is 0 Å². The Morgan fingerprint density at radius 2 is 2.33 bits per heavy atom. The lowest BCUT2D eigenvalue weighted by atomic mass is 9.85. The second-order valence-electron chi connectivity index (χ2n) is 5.05. The van der Waals surface area contributed by atoms with Crippen LogP contribution in [0.1, 0.15) is 30.0 Å². The summed E-state index contributed by atoms with van der Waals surface area (Å²) in [4.78, 5) is 11.5. The molecule has 2 unspecified atom stereocenters. The summed E-state index contributed by atoms with van der Waals surface area (Å²) in [5.74, 6) is 0.674. The van der Waals surface area contributed by atoms with Crippen molar-refractivity contribution in [2.24, 2.45) is 11.7 Å². The molecule has 2 heterocycles. The molecule has 0 aliphatic carbocycles. The topological polar surface area (TPSA) is 64.4 Å². The number of carbonyl (C=O) groups is 1. The van der Waals surface area contributed by atoms with E-state index in [2.05, 4.69) is 11.4 Å². The van der Waals surface area contributed by atoms with Gasteiger partial charge >= 0.3 is 0 Å². The summed E-state index contributed by atoms with van der Waals surface area (Å²) in [5.41, 5.74) is 7.90. The molecule has 0 aromatic heterocycles. The number of nitrogens with two attached hydrogens (primary N) is 1. The molecule has 0 saturated carbocycles. The number of primary amides is 1. The maximum Gasteiger partial charge on any atom is 0.222 e. The van der Waals surface area contributed by atoms with Crippen LogP contribution in [0.4, 0.5) is 0 Å². The smallest absolute Gasteiger partial charge is 0.222 e. The van der Waals surface area contributed by atoms with Gasteiger partial charge in [0.15, 0.2) is 0 Å². The van der Waals surface area contributed by atoms with Gasteiger partial charge in [-0.1, -0.05) is 12.1 Å². The Balaban J connectivity index is 1.90. The van der Waals surface area contributed by atoms with Gasteiger partial charge in [-0.2, -0.15) is 0 Å². The third kappa shape index (κ3) is 1.97. The first-order valence-electron chi connectivity index (χ1n) is 6.54. The molecule has 2 aliphatic rings. The summed E-state index contributed by atoms with van der Waals surface area (Å²) in [5, 5.41) is 3.42. The lowest BCUT2D eigenvalue weighted by Crippen LogP contribution is -2.40. The minimum Gasteiger partial charge on any atom is -0.493 e. The Kier molecular flexibility index (Phi) is 2.96. The fraction of sp³-hybridized carbons (Fsp3) is 0.500. The number of rotatable bonds is 2. The van der Waals surface area contributed by atoms with Crippen LogP contribution in [-0.2, 0) is 11.2 Å². The molecule has 96 valence electrons. The first-order valence-corrected chi connectivity index (χ1v) is 6.54. The van der Waals surface area contributed by atoms with E-state index in [1.807, 2.05) is 12.1 Å². The summed E-state index contributed by atoms with van der Waals surface area (Å²) in [7, 11) is 0. The maximum absolute atomic E-state index is 11.5. The van der Waals surface area contributed by atoms with Gasteiger partial charge in [0.1, 0.15) is 5.75 Å². The molecule has 1 saturated heterocycles. The zero-order chi connectivity index (χ0) is 12.5. The fourth-order valence-corrected chi connectivity index (χ4v) is 2.95. The normalized spacial score (nSPS) is 26.4. The Bertz CT molecular complexity index is 473. The Labute approximate surface area is 107 Å². The van der Waals surface area contributed by atoms with E-state index in [-0.39, 0.29) is 17.9 Å². The van der Waals surface area contributed by atoms with Crippen LogP contribution >= 0.6 is 0 Å². The molecular weight excluding hydrogens is 228 g/mol. The number of piperidine rings is 1. The van der Waals surface area contributed by atoms with Crippen molar-refractivity contribution in [3.05, 3.63) is 29.3 Å². The van der Waals surface area contributed by atoms with Gasteiger partial charge in [0.25, 0.3) is 0 Å². The minimum atomic E-state index is -0.205. The summed E-state index contributed by atoms with van der Waals surface area (Å²) >= 11 is 0. The van der Waals surface area contributed by atoms with Gasteiger partial charge in [0, 0.05) is 12.5 Å². The van der Waals surface area contributed by atoms with E-state index in [4.69, 9.17) is 10.5 Å². The van der Waals surface area contributed by atoms with Gasteiger partial charge in [-0.25, -0.2) is 0 Å². The third-order valence-corrected chi connectivity index (χ3v) is 3.90. The van der Waals surface area contributed by atoms with Crippen LogP contribution in [0.3, 0.4) is 0 Å². The van der Waals surface area contributed by atoms with Crippen molar-refractivity contribution in [2.45, 2.75) is 25.3 Å². The van der Waals surface area contributed by atoms with Crippen LogP contribution in [0.5, 0.6) is 5.75 Å². The monoisotopic (exact) mass is 246 g/mol. The van der Waals surface area contributed by atoms with Crippen LogP contribution in [0.15, 0.2) is 18.2 Å². The van der Waals surface area contributed by atoms with Gasteiger partial charge < -0.3 is 15.8 Å². The highest BCUT2D eigenvalue weighted by atomic mass is 16.5. The summed E-state index contributed by atoms with van der Waals surface area (Å²) in [6, 6.07) is 6.26. The molecule has 2 aliphatic heterocycles. The van der Waals surface area contributed by atoms with Crippen molar-refractivity contribution in [1.29, 1.82) is 0 Å². The van der Waals surface area contributed by atoms with Crippen molar-refractivity contribution >= 4 is 5.91 Å². The number of carbonyl (C=O) groups excluding carboxylic acids is 1. The third-order valence-electron chi connectivity index (χ3n) is 3.90. The average molecular weight is 246 g/mol. The van der Waals surface area contributed by atoms with E-state index in [1.54, 1.807) is 0 Å². The molecule has 3 rings (SSSR count). The molecule has 3 N–H and O–H groups in total. The number of fused-ring (bicyclic) bond motifs is 1. The zero-order valence-electron chi connectivity index (χ0n) is 10.3. The molecule has 1 fully saturated rings. The molecule has 1 aromatic rings. The van der Waals surface area contributed by atoms with E-state index in [1.165, 1.54) is 5.56 Å². The molecule has 4 nitrogen and oxygen atoms in total. The van der Waals surface area contributed by atoms with Crippen LogP contribution in [-0.4, -0.2) is 19.1 Å². The molecule has 1 aromatic carbocycles. The SMILES string of the molecule is NC(=O)C1CCCNC1c1ccc2c(c1)CCO2. The van der Waals surface area contributed by atoms with E-state index in [0.29, 0.717) is 0 Å². The highest BCUT2D eigenvalue weighted by molar-refractivity contribution is 5.77. The largest absolute Gasteiger partial charge is 0.493 e. The number of nitrogens with one attached hydrogen (secondary N) is 1. The minimum absolute atomic E-state index is 0.0575. The molecule has 18 heavy (non-hydrogen) atoms. The molecule has 0 spiro atoms. The molecular formula is C14H18N2O2. The van der Waals surface area contributed by atoms with E-state index < -0.39 is 0 Å². The molecule has 2 atom stereocenters. The van der Waals surface area contributed by atoms with E-state index in [0.717, 1.165) is 43.7 Å². The van der Waals surface area contributed by atoms with Gasteiger partial charge in [0.05, 0.1) is 12.5 Å². The number of amides is 1. The average Bonchev–Trinajstić information content (AvgIpc) is 2.85. The van der Waals surface area contributed by atoms with Gasteiger partial charge in [0.2, 0.25) is 5.91 Å². The van der Waals surface area contributed by atoms with Crippen molar-refractivity contribution in [3.63, 3.8) is 0 Å². The van der Waals surface area contributed by atoms with Crippen molar-refractivity contribution in [1.82, 2.24) is 5.32 Å². The van der Waals surface area contributed by atoms with E-state index >= 15 is 0 Å². The second-order valence-corrected chi connectivity index (χ2v) is 5.05. The predicted octanol–water partition coefficient (Wildman–Crippen LogP) is 1.15. The molecule has 0 radical (unpaired) electrons. The highest BCUT2D eigenvalue weighted by Gasteiger charge is 2.30. The second kappa shape index (κ2) is 4.61. The Hall–Kier alpha value is -1.55. The van der Waals surface area contributed by atoms with Crippen LogP contribution in [0, 0.1) is 5.92 Å². The highest BCUT2D eigenvalue weighted by Crippen LogP contribution is 2.33. The maximum atomic E-state index is 11.5. The van der Waals surface area contributed by atoms with Gasteiger partial charge in [-0.3, -0.25) is 4.79 Å². The first-order chi connectivity index (χ1) is 8.75. The lowest BCUT2D eigenvalue weighted by Gasteiger charge is -2.31. The van der Waals surface area contributed by atoms with Crippen molar-refractivity contribution < 1.29 is 9.53 Å². The number of hydrogen-bond acceptors (Lipinski definition) is 3. The van der Waals surface area contributed by atoms with Crippen LogP contribution in [0.2, 0.25) is 0 Å². The molecule has 1 amide bonds. The van der Waals surface area contributed by atoms with Crippen LogP contribution < -0.4 is 15.8 Å². The standard InChI is InChI=1S/C14H18N2O2/c15-14(17)11-2-1-6-16-13(11)10-3-4-12-9(8-10)5-7-18-12/h3-4,8,11,13,16H,1-2,5-7H2,(H2,15,17).